The van der Waals surface area contributed by atoms with E-state index in [0.29, 0.717) is 0 Å². The first-order valence-electron chi connectivity index (χ1n) is 3.48. The maximum atomic E-state index is 10.9. The molecular weight excluding hydrogens is 116 g/mol. The van der Waals surface area contributed by atoms with E-state index >= 15 is 0 Å². The SMILES string of the molecule is [O]C1C(=O)C2CCC1C2. The molecule has 0 spiro atoms. The molecule has 0 N–H and O–H groups in total. The minimum absolute atomic E-state index is 0.00810. The molecule has 3 atom stereocenters. The van der Waals surface area contributed by atoms with Crippen LogP contribution in [0.4, 0.5) is 0 Å². The van der Waals surface area contributed by atoms with Gasteiger partial charge in [0.05, 0.1) is 0 Å². The summed E-state index contributed by atoms with van der Waals surface area (Å²) < 4.78 is 0. The van der Waals surface area contributed by atoms with Crippen molar-refractivity contribution in [1.82, 2.24) is 0 Å². The quantitative estimate of drug-likeness (QED) is 0.471. The summed E-state index contributed by atoms with van der Waals surface area (Å²) in [5.74, 6) is 0.367. The monoisotopic (exact) mass is 125 g/mol. The van der Waals surface area contributed by atoms with E-state index in [1.807, 2.05) is 0 Å². The zero-order chi connectivity index (χ0) is 6.43. The fourth-order valence-electron chi connectivity index (χ4n) is 2.01. The maximum Gasteiger partial charge on any atom is 0.168 e. The van der Waals surface area contributed by atoms with Gasteiger partial charge in [0.25, 0.3) is 0 Å². The molecule has 2 fully saturated rings. The summed E-state index contributed by atoms with van der Waals surface area (Å²) in [6, 6.07) is 0. The van der Waals surface area contributed by atoms with Gasteiger partial charge in [-0.25, -0.2) is 5.11 Å². The Morgan fingerprint density at radius 3 is 2.44 bits per heavy atom. The van der Waals surface area contributed by atoms with E-state index in [9.17, 15) is 9.90 Å². The lowest BCUT2D eigenvalue weighted by atomic mass is 9.97. The van der Waals surface area contributed by atoms with Gasteiger partial charge in [0.2, 0.25) is 0 Å². The Hall–Kier alpha value is -0.370. The molecule has 3 unspecified atom stereocenters. The Labute approximate surface area is 53.9 Å². The molecule has 0 aromatic heterocycles. The standard InChI is InChI=1S/C7H9O2/c8-6-4-1-2-5(3-4)7(6)9/h4-6H,1-3H2. The van der Waals surface area contributed by atoms with Crippen LogP contribution in [-0.2, 0) is 9.90 Å². The predicted octanol–water partition coefficient (Wildman–Crippen LogP) is 0.784. The lowest BCUT2D eigenvalue weighted by molar-refractivity contribution is -0.133. The van der Waals surface area contributed by atoms with Crippen molar-refractivity contribution in [2.75, 3.05) is 0 Å². The molecule has 0 aromatic carbocycles. The zero-order valence-corrected chi connectivity index (χ0v) is 5.17. The van der Waals surface area contributed by atoms with Crippen molar-refractivity contribution in [3.8, 4) is 0 Å². The van der Waals surface area contributed by atoms with Gasteiger partial charge in [0, 0.05) is 5.92 Å². The molecule has 2 saturated carbocycles. The lowest BCUT2D eigenvalue weighted by Gasteiger charge is -2.11. The second kappa shape index (κ2) is 1.57. The molecule has 2 aliphatic rings. The van der Waals surface area contributed by atoms with Crippen molar-refractivity contribution in [2.24, 2.45) is 11.8 Å². The number of hydrogen-bond acceptors (Lipinski definition) is 1. The van der Waals surface area contributed by atoms with E-state index in [1.165, 1.54) is 0 Å². The van der Waals surface area contributed by atoms with Crippen LogP contribution in [0.5, 0.6) is 0 Å². The van der Waals surface area contributed by atoms with E-state index in [-0.39, 0.29) is 17.6 Å². The Morgan fingerprint density at radius 1 is 1.33 bits per heavy atom. The lowest BCUT2D eigenvalue weighted by Crippen LogP contribution is -2.25. The summed E-state index contributed by atoms with van der Waals surface area (Å²) in [5.41, 5.74) is 0. The number of fused-ring (bicyclic) bond motifs is 2. The van der Waals surface area contributed by atoms with Gasteiger partial charge in [-0.15, -0.1) is 0 Å². The van der Waals surface area contributed by atoms with Gasteiger partial charge in [-0.2, -0.15) is 0 Å². The van der Waals surface area contributed by atoms with Crippen LogP contribution in [0.2, 0.25) is 0 Å². The average Bonchev–Trinajstić information content (AvgIpc) is 2.37. The normalized spacial score (nSPS) is 48.6. The summed E-state index contributed by atoms with van der Waals surface area (Å²) in [4.78, 5) is 10.9. The topological polar surface area (TPSA) is 37.0 Å². The number of rotatable bonds is 0. The molecule has 9 heavy (non-hydrogen) atoms. The van der Waals surface area contributed by atoms with Gasteiger partial charge in [-0.05, 0) is 25.2 Å². The van der Waals surface area contributed by atoms with Crippen LogP contribution in [0.1, 0.15) is 19.3 Å². The third kappa shape index (κ3) is 0.568. The molecule has 1 radical (unpaired) electrons. The molecular formula is C7H9O2. The van der Waals surface area contributed by atoms with Crippen LogP contribution < -0.4 is 0 Å². The highest BCUT2D eigenvalue weighted by molar-refractivity contribution is 5.88. The molecule has 2 heteroatoms. The van der Waals surface area contributed by atoms with Gasteiger partial charge in [-0.1, -0.05) is 0 Å². The highest BCUT2D eigenvalue weighted by Gasteiger charge is 2.46. The number of carbonyl (C=O) groups excluding carboxylic acids is 1. The van der Waals surface area contributed by atoms with Gasteiger partial charge in [-0.3, -0.25) is 4.79 Å². The summed E-state index contributed by atoms with van der Waals surface area (Å²) in [5, 5.41) is 10.9. The maximum absolute atomic E-state index is 10.9. The number of carbonyl (C=O) groups is 1. The first kappa shape index (κ1) is 5.42. The molecule has 0 heterocycles. The smallest absolute Gasteiger partial charge is 0.168 e. The first-order chi connectivity index (χ1) is 4.29. The van der Waals surface area contributed by atoms with Crippen molar-refractivity contribution < 1.29 is 9.90 Å². The molecule has 0 aromatic rings. The highest BCUT2D eigenvalue weighted by Crippen LogP contribution is 2.42. The largest absolute Gasteiger partial charge is 0.296 e. The van der Waals surface area contributed by atoms with Crippen LogP contribution in [0, 0.1) is 11.8 Å². The molecule has 0 aliphatic heterocycles. The molecule has 2 rings (SSSR count). The van der Waals surface area contributed by atoms with E-state index in [0.717, 1.165) is 19.3 Å². The molecule has 49 valence electrons. The third-order valence-corrected chi connectivity index (χ3v) is 2.58. The Bertz CT molecular complexity index is 149. The van der Waals surface area contributed by atoms with Crippen molar-refractivity contribution in [3.05, 3.63) is 0 Å². The second-order valence-electron chi connectivity index (χ2n) is 3.09. The Morgan fingerprint density at radius 2 is 2.11 bits per heavy atom. The Balaban J connectivity index is 2.25. The number of Topliss-reactive ketones (excluding diaryl/α,β-unsaturated/α-hetero) is 1. The average molecular weight is 125 g/mol. The minimum Gasteiger partial charge on any atom is -0.296 e. The van der Waals surface area contributed by atoms with Gasteiger partial charge in [0.15, 0.2) is 11.9 Å². The third-order valence-electron chi connectivity index (χ3n) is 2.58. The fourth-order valence-corrected chi connectivity index (χ4v) is 2.01. The van der Waals surface area contributed by atoms with Crippen molar-refractivity contribution in [1.29, 1.82) is 0 Å². The molecule has 0 amide bonds. The zero-order valence-electron chi connectivity index (χ0n) is 5.17. The van der Waals surface area contributed by atoms with Crippen LogP contribution in [-0.4, -0.2) is 11.9 Å². The first-order valence-corrected chi connectivity index (χ1v) is 3.48. The van der Waals surface area contributed by atoms with Crippen molar-refractivity contribution >= 4 is 5.78 Å². The van der Waals surface area contributed by atoms with Gasteiger partial charge in [0.1, 0.15) is 0 Å². The molecule has 0 saturated heterocycles. The molecule has 2 nitrogen and oxygen atoms in total. The van der Waals surface area contributed by atoms with Crippen LogP contribution in [0.3, 0.4) is 0 Å². The van der Waals surface area contributed by atoms with E-state index < -0.39 is 6.10 Å². The van der Waals surface area contributed by atoms with E-state index in [4.69, 9.17) is 0 Å². The Kier molecular flexibility index (Phi) is 0.943. The summed E-state index contributed by atoms with van der Waals surface area (Å²) in [6.45, 7) is 0. The van der Waals surface area contributed by atoms with Crippen LogP contribution in [0.15, 0.2) is 0 Å². The fraction of sp³-hybridized carbons (Fsp3) is 0.857. The molecule has 2 aliphatic carbocycles. The highest BCUT2D eigenvalue weighted by atomic mass is 16.3. The minimum atomic E-state index is -0.844. The summed E-state index contributed by atoms with van der Waals surface area (Å²) in [6.07, 6.45) is 2.04. The second-order valence-corrected chi connectivity index (χ2v) is 3.09. The van der Waals surface area contributed by atoms with Crippen LogP contribution in [0.25, 0.3) is 0 Å². The number of hydrogen-bond donors (Lipinski definition) is 0. The number of ketones is 1. The van der Waals surface area contributed by atoms with Crippen LogP contribution >= 0.6 is 0 Å². The summed E-state index contributed by atoms with van der Waals surface area (Å²) >= 11 is 0. The van der Waals surface area contributed by atoms with Gasteiger partial charge >= 0.3 is 0 Å². The summed E-state index contributed by atoms with van der Waals surface area (Å²) in [7, 11) is 0. The van der Waals surface area contributed by atoms with E-state index in [1.54, 1.807) is 0 Å². The van der Waals surface area contributed by atoms with E-state index in [2.05, 4.69) is 0 Å². The predicted molar refractivity (Wildman–Crippen MR) is 30.3 cm³/mol. The van der Waals surface area contributed by atoms with Crippen molar-refractivity contribution in [2.45, 2.75) is 25.4 Å². The van der Waals surface area contributed by atoms with Crippen molar-refractivity contribution in [3.63, 3.8) is 0 Å². The van der Waals surface area contributed by atoms with Gasteiger partial charge < -0.3 is 0 Å². The molecule has 2 bridgehead atoms.